The molecule has 2 aliphatic rings. The van der Waals surface area contributed by atoms with Gasteiger partial charge in [0.15, 0.2) is 0 Å². The molecule has 142 valence electrons. The summed E-state index contributed by atoms with van der Waals surface area (Å²) in [5.74, 6) is 0.811. The van der Waals surface area contributed by atoms with Gasteiger partial charge in [-0.15, -0.1) is 0 Å². The lowest BCUT2D eigenvalue weighted by atomic mass is 9.60. The van der Waals surface area contributed by atoms with Crippen LogP contribution in [0.2, 0.25) is 0 Å². The van der Waals surface area contributed by atoms with E-state index < -0.39 is 22.5 Å². The van der Waals surface area contributed by atoms with Gasteiger partial charge in [0.2, 0.25) is 3.79 Å². The van der Waals surface area contributed by atoms with Crippen LogP contribution in [0.4, 0.5) is 4.79 Å². The van der Waals surface area contributed by atoms with E-state index in [4.69, 9.17) is 39.5 Å². The highest BCUT2D eigenvalue weighted by Gasteiger charge is 2.42. The maximum Gasteiger partial charge on any atom is 0.516 e. The minimum atomic E-state index is -1.73. The number of alkyl halides is 3. The number of fused-ring (bicyclic) bond motifs is 1. The normalized spacial score (nSPS) is 30.7. The zero-order valence-corrected chi connectivity index (χ0v) is 17.0. The van der Waals surface area contributed by atoms with Crippen molar-refractivity contribution in [3.8, 4) is 0 Å². The minimum Gasteiger partial charge on any atom is -0.429 e. The molecule has 7 heteroatoms. The first-order chi connectivity index (χ1) is 11.6. The third kappa shape index (κ3) is 5.77. The number of carbonyl (C=O) groups is 2. The summed E-state index contributed by atoms with van der Waals surface area (Å²) in [6.07, 6.45) is 5.52. The van der Waals surface area contributed by atoms with Gasteiger partial charge in [-0.3, -0.25) is 4.79 Å². The lowest BCUT2D eigenvalue weighted by molar-refractivity contribution is -0.147. The molecule has 0 aromatic rings. The van der Waals surface area contributed by atoms with Crippen molar-refractivity contribution in [3.05, 3.63) is 11.6 Å². The molecule has 5 atom stereocenters. The van der Waals surface area contributed by atoms with Crippen molar-refractivity contribution in [1.82, 2.24) is 0 Å². The fourth-order valence-corrected chi connectivity index (χ4v) is 4.36. The van der Waals surface area contributed by atoms with Crippen LogP contribution in [0, 0.1) is 29.6 Å². The Morgan fingerprint density at radius 2 is 1.96 bits per heavy atom. The van der Waals surface area contributed by atoms with Crippen LogP contribution in [0.25, 0.3) is 0 Å². The highest BCUT2D eigenvalue weighted by atomic mass is 35.6. The van der Waals surface area contributed by atoms with Gasteiger partial charge < -0.3 is 9.47 Å². The van der Waals surface area contributed by atoms with Crippen LogP contribution in [0.5, 0.6) is 0 Å². The molecular weight excluding hydrogens is 387 g/mol. The zero-order valence-electron chi connectivity index (χ0n) is 14.8. The Labute approximate surface area is 164 Å². The van der Waals surface area contributed by atoms with Crippen LogP contribution >= 0.6 is 34.8 Å². The maximum absolute atomic E-state index is 12.4. The number of hydrogen-bond donors (Lipinski definition) is 0. The van der Waals surface area contributed by atoms with Gasteiger partial charge in [0.25, 0.3) is 0 Å². The van der Waals surface area contributed by atoms with Gasteiger partial charge in [0.1, 0.15) is 6.61 Å². The monoisotopic (exact) mass is 410 g/mol. The molecule has 0 heterocycles. The predicted octanol–water partition coefficient (Wildman–Crippen LogP) is 5.69. The van der Waals surface area contributed by atoms with E-state index in [2.05, 4.69) is 24.7 Å². The number of carbonyl (C=O) groups excluding carboxylic acids is 2. The predicted molar refractivity (Wildman–Crippen MR) is 98.8 cm³/mol. The fraction of sp³-hybridized carbons (Fsp3) is 0.778. The summed E-state index contributed by atoms with van der Waals surface area (Å²) in [5.41, 5.74) is 1.38. The maximum atomic E-state index is 12.4. The molecular formula is C18H25Cl3O4. The molecule has 0 radical (unpaired) electrons. The summed E-state index contributed by atoms with van der Waals surface area (Å²) < 4.78 is 7.73. The molecule has 2 unspecified atom stereocenters. The van der Waals surface area contributed by atoms with E-state index in [0.717, 1.165) is 25.7 Å². The Balaban J connectivity index is 1.98. The number of allylic oxidation sites excluding steroid dienone is 2. The molecule has 1 fully saturated rings. The molecule has 0 bridgehead atoms. The Kier molecular flexibility index (Phi) is 7.09. The second-order valence-electron chi connectivity index (χ2n) is 7.38. The summed E-state index contributed by atoms with van der Waals surface area (Å²) in [6.45, 7) is 5.79. The molecule has 0 N–H and O–H groups in total. The minimum absolute atomic E-state index is 0.171. The Morgan fingerprint density at radius 3 is 2.60 bits per heavy atom. The van der Waals surface area contributed by atoms with Gasteiger partial charge in [-0.25, -0.2) is 4.79 Å². The lowest BCUT2D eigenvalue weighted by Crippen LogP contribution is -2.40. The first-order valence-corrected chi connectivity index (χ1v) is 9.84. The van der Waals surface area contributed by atoms with Crippen LogP contribution in [-0.2, 0) is 14.3 Å². The highest BCUT2D eigenvalue weighted by Crippen LogP contribution is 2.48. The number of halogens is 3. The highest BCUT2D eigenvalue weighted by molar-refractivity contribution is 6.67. The van der Waals surface area contributed by atoms with E-state index in [-0.39, 0.29) is 11.8 Å². The fourth-order valence-electron chi connectivity index (χ4n) is 4.19. The van der Waals surface area contributed by atoms with E-state index >= 15 is 0 Å². The van der Waals surface area contributed by atoms with Gasteiger partial charge in [0, 0.05) is 0 Å². The van der Waals surface area contributed by atoms with Crippen LogP contribution < -0.4 is 0 Å². The van der Waals surface area contributed by atoms with Crippen molar-refractivity contribution >= 4 is 46.9 Å². The topological polar surface area (TPSA) is 52.6 Å². The SMILES string of the molecule is CC1=C[C@@H]2C(C(C)C(=O)OC(=O)OCC(Cl)(Cl)Cl)CC[C@@H](C)[C@@H]2CC1. The molecule has 4 nitrogen and oxygen atoms in total. The number of rotatable bonds is 3. The molecule has 0 aromatic heterocycles. The van der Waals surface area contributed by atoms with Crippen LogP contribution in [0.3, 0.4) is 0 Å². The molecule has 1 saturated carbocycles. The molecule has 0 aromatic carbocycles. The second kappa shape index (κ2) is 8.49. The first kappa shape index (κ1) is 20.9. The first-order valence-electron chi connectivity index (χ1n) is 8.71. The largest absolute Gasteiger partial charge is 0.516 e. The number of hydrogen-bond acceptors (Lipinski definition) is 4. The van der Waals surface area contributed by atoms with Crippen molar-refractivity contribution in [1.29, 1.82) is 0 Å². The standard InChI is InChI=1S/C18H25Cl3O4/c1-10-4-6-13-11(2)5-7-14(15(13)8-10)12(3)16(22)25-17(23)24-9-18(19,20)21/h8,11-15H,4-7,9H2,1-3H3/t11-,12?,13+,14?,15+/m1/s1. The molecule has 0 amide bonds. The van der Waals surface area contributed by atoms with Crippen molar-refractivity contribution in [2.24, 2.45) is 29.6 Å². The van der Waals surface area contributed by atoms with E-state index in [9.17, 15) is 9.59 Å². The van der Waals surface area contributed by atoms with E-state index in [1.54, 1.807) is 0 Å². The van der Waals surface area contributed by atoms with E-state index in [0.29, 0.717) is 17.8 Å². The third-order valence-electron chi connectivity index (χ3n) is 5.58. The van der Waals surface area contributed by atoms with Crippen molar-refractivity contribution < 1.29 is 19.1 Å². The van der Waals surface area contributed by atoms with Crippen LogP contribution in [0.15, 0.2) is 11.6 Å². The van der Waals surface area contributed by atoms with Gasteiger partial charge in [-0.2, -0.15) is 0 Å². The van der Waals surface area contributed by atoms with Crippen LogP contribution in [0.1, 0.15) is 46.5 Å². The van der Waals surface area contributed by atoms with Gasteiger partial charge in [-0.1, -0.05) is 66.7 Å². The van der Waals surface area contributed by atoms with Gasteiger partial charge >= 0.3 is 12.1 Å². The lowest BCUT2D eigenvalue weighted by Gasteiger charge is -2.45. The summed E-state index contributed by atoms with van der Waals surface area (Å²) in [7, 11) is 0. The van der Waals surface area contributed by atoms with Crippen molar-refractivity contribution in [3.63, 3.8) is 0 Å². The summed E-state index contributed by atoms with van der Waals surface area (Å²) in [4.78, 5) is 24.0. The Hall–Kier alpha value is -0.450. The summed E-state index contributed by atoms with van der Waals surface area (Å²) in [5, 5.41) is 0. The van der Waals surface area contributed by atoms with Gasteiger partial charge in [0.05, 0.1) is 5.92 Å². The van der Waals surface area contributed by atoms with Crippen LogP contribution in [-0.4, -0.2) is 22.5 Å². The third-order valence-corrected chi connectivity index (χ3v) is 5.90. The molecule has 2 aliphatic carbocycles. The molecule has 0 saturated heterocycles. The van der Waals surface area contributed by atoms with Gasteiger partial charge in [-0.05, 0) is 49.9 Å². The average molecular weight is 412 g/mol. The molecule has 0 aliphatic heterocycles. The number of esters is 1. The Morgan fingerprint density at radius 1 is 1.28 bits per heavy atom. The second-order valence-corrected chi connectivity index (χ2v) is 9.89. The summed E-state index contributed by atoms with van der Waals surface area (Å²) in [6, 6.07) is 0. The van der Waals surface area contributed by atoms with Crippen molar-refractivity contribution in [2.45, 2.75) is 50.2 Å². The zero-order chi connectivity index (χ0) is 18.8. The Bertz CT molecular complexity index is 541. The molecule has 2 rings (SSSR count). The quantitative estimate of drug-likeness (QED) is 0.259. The smallest absolute Gasteiger partial charge is 0.429 e. The molecule has 25 heavy (non-hydrogen) atoms. The van der Waals surface area contributed by atoms with E-state index in [1.165, 1.54) is 5.57 Å². The number of ether oxygens (including phenoxy) is 2. The van der Waals surface area contributed by atoms with Crippen molar-refractivity contribution in [2.75, 3.05) is 6.61 Å². The molecule has 0 spiro atoms. The van der Waals surface area contributed by atoms with E-state index in [1.807, 2.05) is 6.92 Å². The summed E-state index contributed by atoms with van der Waals surface area (Å²) >= 11 is 16.5. The average Bonchev–Trinajstić information content (AvgIpc) is 2.52.